The van der Waals surface area contributed by atoms with E-state index in [1.54, 1.807) is 0 Å². The van der Waals surface area contributed by atoms with Crippen LogP contribution in [0.1, 0.15) is 15.9 Å². The molecule has 1 aliphatic heterocycles. The number of thioether (sulfide) groups is 1. The molecule has 1 heterocycles. The highest BCUT2D eigenvalue weighted by Crippen LogP contribution is 2.39. The number of phenolic OH excluding ortho intramolecular Hbond substituents is 1. The van der Waals surface area contributed by atoms with Crippen molar-refractivity contribution in [3.63, 3.8) is 0 Å². The van der Waals surface area contributed by atoms with Crippen LogP contribution in [0, 0.1) is 10.1 Å². The number of aromatic carboxylic acids is 1. The first-order valence-electron chi connectivity index (χ1n) is 8.36. The van der Waals surface area contributed by atoms with E-state index in [1.807, 2.05) is 0 Å². The van der Waals surface area contributed by atoms with E-state index in [0.29, 0.717) is 10.9 Å². The zero-order valence-electron chi connectivity index (χ0n) is 15.7. The Balaban J connectivity index is 1.96. The molecule has 0 unspecified atom stereocenters. The molecule has 1 fully saturated rings. The lowest BCUT2D eigenvalue weighted by Crippen LogP contribution is -2.23. The van der Waals surface area contributed by atoms with Crippen molar-refractivity contribution in [2.24, 2.45) is 4.99 Å². The summed E-state index contributed by atoms with van der Waals surface area (Å²) in [6.07, 6.45) is 1.32. The van der Waals surface area contributed by atoms with Crippen molar-refractivity contribution in [2.75, 3.05) is 14.2 Å². The highest BCUT2D eigenvalue weighted by atomic mass is 32.2. The molecule has 0 radical (unpaired) electrons. The van der Waals surface area contributed by atoms with Crippen molar-refractivity contribution in [2.45, 2.75) is 0 Å². The van der Waals surface area contributed by atoms with E-state index in [9.17, 15) is 24.8 Å². The topological polar surface area (TPSA) is 143 Å². The number of ether oxygens (including phenoxy) is 1. The largest absolute Gasteiger partial charge is 0.504 e. The van der Waals surface area contributed by atoms with Gasteiger partial charge in [0.15, 0.2) is 16.7 Å². The van der Waals surface area contributed by atoms with Crippen LogP contribution in [0.15, 0.2) is 46.3 Å². The Morgan fingerprint density at radius 3 is 2.53 bits per heavy atom. The minimum absolute atomic E-state index is 0.0531. The van der Waals surface area contributed by atoms with Crippen LogP contribution in [0.3, 0.4) is 0 Å². The Labute approximate surface area is 174 Å². The normalized spacial score (nSPS) is 16.3. The Morgan fingerprint density at radius 1 is 1.30 bits per heavy atom. The van der Waals surface area contributed by atoms with E-state index < -0.39 is 16.8 Å². The molecular formula is C19H15N3O7S. The number of hydrogen-bond donors (Lipinski definition) is 2. The maximum absolute atomic E-state index is 12.6. The standard InChI is InChI=1S/C19H15N3O7S/c1-21-17(24)15(8-11-7-13(22(27)28)9-14(29-2)16(11)23)30-19(21)20-12-5-3-10(4-6-12)18(25)26/h3-9,23H,1-2H3,(H,25,26)/b15-8+,20-19?. The first-order chi connectivity index (χ1) is 14.2. The lowest BCUT2D eigenvalue weighted by molar-refractivity contribution is -0.385. The lowest BCUT2D eigenvalue weighted by atomic mass is 10.1. The van der Waals surface area contributed by atoms with Gasteiger partial charge in [-0.25, -0.2) is 9.79 Å². The number of hydrogen-bond acceptors (Lipinski definition) is 8. The zero-order valence-corrected chi connectivity index (χ0v) is 16.5. The summed E-state index contributed by atoms with van der Waals surface area (Å²) in [5.74, 6) is -1.89. The van der Waals surface area contributed by atoms with E-state index in [2.05, 4.69) is 4.99 Å². The Bertz CT molecular complexity index is 1110. The van der Waals surface area contributed by atoms with Gasteiger partial charge in [-0.2, -0.15) is 0 Å². The van der Waals surface area contributed by atoms with Crippen LogP contribution in [0.5, 0.6) is 11.5 Å². The third-order valence-corrected chi connectivity index (χ3v) is 5.21. The molecule has 1 aliphatic rings. The maximum Gasteiger partial charge on any atom is 0.335 e. The second kappa shape index (κ2) is 8.25. The molecule has 3 rings (SSSR count). The van der Waals surface area contributed by atoms with Gasteiger partial charge in [0.05, 0.1) is 34.3 Å². The average Bonchev–Trinajstić information content (AvgIpc) is 2.97. The van der Waals surface area contributed by atoms with Gasteiger partial charge in [-0.1, -0.05) is 0 Å². The molecule has 0 aliphatic carbocycles. The molecule has 0 atom stereocenters. The van der Waals surface area contributed by atoms with Gasteiger partial charge in [0, 0.05) is 18.7 Å². The minimum Gasteiger partial charge on any atom is -0.504 e. The van der Waals surface area contributed by atoms with E-state index in [4.69, 9.17) is 9.84 Å². The van der Waals surface area contributed by atoms with Crippen molar-refractivity contribution >= 4 is 46.3 Å². The number of aliphatic imine (C=N–C) groups is 1. The number of amidine groups is 1. The molecule has 154 valence electrons. The number of aromatic hydroxyl groups is 1. The maximum atomic E-state index is 12.6. The third-order valence-electron chi connectivity index (χ3n) is 4.15. The van der Waals surface area contributed by atoms with Crippen molar-refractivity contribution in [1.82, 2.24) is 4.90 Å². The molecular weight excluding hydrogens is 414 g/mol. The summed E-state index contributed by atoms with van der Waals surface area (Å²) in [5.41, 5.74) is 0.312. The van der Waals surface area contributed by atoms with E-state index in [1.165, 1.54) is 49.4 Å². The number of phenols is 1. The van der Waals surface area contributed by atoms with Crippen LogP contribution >= 0.6 is 11.8 Å². The number of methoxy groups -OCH3 is 1. The van der Waals surface area contributed by atoms with Gasteiger partial charge < -0.3 is 14.9 Å². The summed E-state index contributed by atoms with van der Waals surface area (Å²) < 4.78 is 4.96. The number of benzene rings is 2. The van der Waals surface area contributed by atoms with Crippen LogP contribution in [-0.2, 0) is 4.79 Å². The molecule has 0 saturated carbocycles. The summed E-state index contributed by atoms with van der Waals surface area (Å²) in [7, 11) is 2.77. The second-order valence-electron chi connectivity index (χ2n) is 6.06. The Hall–Kier alpha value is -3.86. The number of non-ortho nitro benzene ring substituents is 1. The number of carbonyl (C=O) groups excluding carboxylic acids is 1. The fourth-order valence-corrected chi connectivity index (χ4v) is 3.54. The van der Waals surface area contributed by atoms with Crippen LogP contribution in [0.4, 0.5) is 11.4 Å². The van der Waals surface area contributed by atoms with Crippen molar-refractivity contribution in [3.8, 4) is 11.5 Å². The summed E-state index contributed by atoms with van der Waals surface area (Å²) in [6.45, 7) is 0. The SMILES string of the molecule is COc1cc([N+](=O)[O-])cc(/C=C2/SC(=Nc3ccc(C(=O)O)cc3)N(C)C2=O)c1O. The first kappa shape index (κ1) is 20.9. The fourth-order valence-electron chi connectivity index (χ4n) is 2.57. The van der Waals surface area contributed by atoms with Crippen LogP contribution < -0.4 is 4.74 Å². The molecule has 2 aromatic carbocycles. The molecule has 11 heteroatoms. The lowest BCUT2D eigenvalue weighted by Gasteiger charge is -2.07. The van der Waals surface area contributed by atoms with Crippen LogP contribution in [0.25, 0.3) is 6.08 Å². The van der Waals surface area contributed by atoms with Gasteiger partial charge >= 0.3 is 5.97 Å². The predicted molar refractivity (Wildman–Crippen MR) is 110 cm³/mol. The monoisotopic (exact) mass is 429 g/mol. The number of carboxylic acids is 1. The van der Waals surface area contributed by atoms with Gasteiger partial charge in [-0.15, -0.1) is 0 Å². The van der Waals surface area contributed by atoms with Gasteiger partial charge in [-0.3, -0.25) is 19.8 Å². The summed E-state index contributed by atoms with van der Waals surface area (Å²) in [5, 5.41) is 30.7. The number of amides is 1. The highest BCUT2D eigenvalue weighted by molar-refractivity contribution is 8.18. The van der Waals surface area contributed by atoms with Crippen molar-refractivity contribution < 1.29 is 29.5 Å². The van der Waals surface area contributed by atoms with E-state index >= 15 is 0 Å². The molecule has 0 bridgehead atoms. The summed E-state index contributed by atoms with van der Waals surface area (Å²) >= 11 is 1.01. The Kier molecular flexibility index (Phi) is 5.74. The van der Waals surface area contributed by atoms with Crippen molar-refractivity contribution in [3.05, 3.63) is 62.5 Å². The first-order valence-corrected chi connectivity index (χ1v) is 9.18. The molecule has 2 N–H and O–H groups in total. The zero-order chi connectivity index (χ0) is 22.0. The van der Waals surface area contributed by atoms with E-state index in [0.717, 1.165) is 23.9 Å². The summed E-state index contributed by atoms with van der Waals surface area (Å²) in [4.78, 5) is 39.8. The number of carboxylic acid groups (broad SMARTS) is 1. The fraction of sp³-hybridized carbons (Fsp3) is 0.105. The van der Waals surface area contributed by atoms with Crippen LogP contribution in [0.2, 0.25) is 0 Å². The summed E-state index contributed by atoms with van der Waals surface area (Å²) in [6, 6.07) is 8.03. The van der Waals surface area contributed by atoms with Gasteiger partial charge in [-0.05, 0) is 42.1 Å². The second-order valence-corrected chi connectivity index (χ2v) is 7.07. The molecule has 0 spiro atoms. The van der Waals surface area contributed by atoms with Crippen molar-refractivity contribution in [1.29, 1.82) is 0 Å². The molecule has 2 aromatic rings. The molecule has 10 nitrogen and oxygen atoms in total. The number of likely N-dealkylation sites (N-methyl/N-ethyl adjacent to an activating group) is 1. The average molecular weight is 429 g/mol. The molecule has 1 amide bonds. The quantitative estimate of drug-likeness (QED) is 0.419. The van der Waals surface area contributed by atoms with E-state index in [-0.39, 0.29) is 33.2 Å². The molecule has 0 aromatic heterocycles. The van der Waals surface area contributed by atoms with Gasteiger partial charge in [0.2, 0.25) is 0 Å². The Morgan fingerprint density at radius 2 is 1.97 bits per heavy atom. The number of nitro benzene ring substituents is 1. The number of carbonyl (C=O) groups is 2. The number of rotatable bonds is 5. The number of nitrogens with zero attached hydrogens (tertiary/aromatic N) is 3. The smallest absolute Gasteiger partial charge is 0.335 e. The van der Waals surface area contributed by atoms with Crippen LogP contribution in [-0.4, -0.2) is 51.2 Å². The minimum atomic E-state index is -1.06. The predicted octanol–water partition coefficient (Wildman–Crippen LogP) is 3.24. The number of nitro groups is 1. The highest BCUT2D eigenvalue weighted by Gasteiger charge is 2.31. The third kappa shape index (κ3) is 4.10. The molecule has 30 heavy (non-hydrogen) atoms. The van der Waals surface area contributed by atoms with Gasteiger partial charge in [0.1, 0.15) is 0 Å². The van der Waals surface area contributed by atoms with Gasteiger partial charge in [0.25, 0.3) is 11.6 Å². The molecule has 1 saturated heterocycles.